The van der Waals surface area contributed by atoms with Crippen LogP contribution in [0.4, 0.5) is 5.69 Å². The van der Waals surface area contributed by atoms with Crippen molar-refractivity contribution in [1.82, 2.24) is 14.6 Å². The van der Waals surface area contributed by atoms with Crippen LogP contribution in [0, 0.1) is 5.92 Å². The fraction of sp³-hybridized carbons (Fsp3) is 0.280. The number of nitrogens with zero attached hydrogens (tertiary/aromatic N) is 3. The number of benzene rings is 2. The summed E-state index contributed by atoms with van der Waals surface area (Å²) in [6.45, 7) is 4.31. The molecule has 0 unspecified atom stereocenters. The Morgan fingerprint density at radius 1 is 1.09 bits per heavy atom. The van der Waals surface area contributed by atoms with Crippen molar-refractivity contribution in [1.29, 1.82) is 0 Å². The van der Waals surface area contributed by atoms with E-state index in [4.69, 9.17) is 14.2 Å². The van der Waals surface area contributed by atoms with E-state index < -0.39 is 0 Å². The predicted octanol–water partition coefficient (Wildman–Crippen LogP) is 4.20. The first-order valence-corrected chi connectivity index (χ1v) is 11.8. The Hall–Kier alpha value is -3.92. The second-order valence-corrected chi connectivity index (χ2v) is 9.25. The molecule has 4 aromatic rings. The Kier molecular flexibility index (Phi) is 7.31. The minimum atomic E-state index is -0.300. The van der Waals surface area contributed by atoms with Gasteiger partial charge in [-0.1, -0.05) is 31.3 Å². The van der Waals surface area contributed by atoms with Gasteiger partial charge in [-0.3, -0.25) is 9.59 Å². The summed E-state index contributed by atoms with van der Waals surface area (Å²) >= 11 is 1.41. The van der Waals surface area contributed by atoms with Crippen LogP contribution in [0.3, 0.4) is 0 Å². The maximum absolute atomic E-state index is 12.7. The van der Waals surface area contributed by atoms with E-state index in [0.717, 1.165) is 11.4 Å². The van der Waals surface area contributed by atoms with Gasteiger partial charge in [-0.25, -0.2) is 4.98 Å². The number of aromatic nitrogens is 3. The Morgan fingerprint density at radius 2 is 1.89 bits per heavy atom. The number of hydrogen-bond acceptors (Lipinski definition) is 8. The molecule has 0 bridgehead atoms. The van der Waals surface area contributed by atoms with Crippen LogP contribution in [0.25, 0.3) is 4.96 Å². The zero-order chi connectivity index (χ0) is 24.9. The molecule has 1 N–H and O–H groups in total. The molecule has 0 aliphatic heterocycles. The highest BCUT2D eigenvalue weighted by atomic mass is 32.1. The molecular weight excluding hydrogens is 468 g/mol. The van der Waals surface area contributed by atoms with Crippen LogP contribution in [0.15, 0.2) is 53.3 Å². The van der Waals surface area contributed by atoms with Gasteiger partial charge in [0.15, 0.2) is 11.5 Å². The molecule has 4 rings (SSSR count). The van der Waals surface area contributed by atoms with E-state index in [9.17, 15) is 9.59 Å². The third-order valence-corrected chi connectivity index (χ3v) is 5.98. The standard InChI is InChI=1S/C25H26N4O5S/c1-15(2)10-22-28-29-23(30)13-18(27-25(29)35-22)14-34-19-7-5-6-17(12-19)26-24(31)16-8-9-20(32-3)21(11-16)33-4/h5-9,11-13,15H,10,14H2,1-4H3,(H,26,31). The fourth-order valence-electron chi connectivity index (χ4n) is 3.40. The number of hydrogen-bond donors (Lipinski definition) is 1. The first kappa shape index (κ1) is 24.2. The van der Waals surface area contributed by atoms with Gasteiger partial charge < -0.3 is 19.5 Å². The molecule has 0 saturated heterocycles. The van der Waals surface area contributed by atoms with E-state index in [1.807, 2.05) is 0 Å². The quantitative estimate of drug-likeness (QED) is 0.372. The minimum absolute atomic E-state index is 0.107. The maximum atomic E-state index is 12.7. The molecule has 0 aliphatic carbocycles. The van der Waals surface area contributed by atoms with Gasteiger partial charge in [-0.05, 0) is 36.2 Å². The lowest BCUT2D eigenvalue weighted by Gasteiger charge is -2.11. The van der Waals surface area contributed by atoms with Crippen LogP contribution < -0.4 is 25.1 Å². The number of rotatable bonds is 9. The van der Waals surface area contributed by atoms with Gasteiger partial charge in [0, 0.05) is 29.8 Å². The summed E-state index contributed by atoms with van der Waals surface area (Å²) < 4.78 is 17.7. The smallest absolute Gasteiger partial charge is 0.275 e. The van der Waals surface area contributed by atoms with Crippen LogP contribution in [0.5, 0.6) is 17.2 Å². The van der Waals surface area contributed by atoms with Gasteiger partial charge in [0.1, 0.15) is 17.4 Å². The van der Waals surface area contributed by atoms with Crippen molar-refractivity contribution in [3.63, 3.8) is 0 Å². The Labute approximate surface area is 206 Å². The molecule has 0 radical (unpaired) electrons. The summed E-state index contributed by atoms with van der Waals surface area (Å²) in [5.74, 6) is 1.68. The second kappa shape index (κ2) is 10.6. The molecule has 182 valence electrons. The first-order chi connectivity index (χ1) is 16.9. The molecule has 2 aromatic carbocycles. The number of carbonyl (C=O) groups is 1. The summed E-state index contributed by atoms with van der Waals surface area (Å²) in [5, 5.41) is 8.08. The van der Waals surface area contributed by atoms with Gasteiger partial charge in [-0.2, -0.15) is 9.61 Å². The highest BCUT2D eigenvalue weighted by Gasteiger charge is 2.13. The summed E-state index contributed by atoms with van der Waals surface area (Å²) in [7, 11) is 3.05. The molecule has 1 amide bonds. The Morgan fingerprint density at radius 3 is 2.63 bits per heavy atom. The lowest BCUT2D eigenvalue weighted by molar-refractivity contribution is 0.102. The predicted molar refractivity (Wildman–Crippen MR) is 134 cm³/mol. The monoisotopic (exact) mass is 494 g/mol. The van der Waals surface area contributed by atoms with Crippen molar-refractivity contribution in [2.45, 2.75) is 26.9 Å². The summed E-state index contributed by atoms with van der Waals surface area (Å²) in [6.07, 6.45) is 0.793. The van der Waals surface area contributed by atoms with E-state index in [-0.39, 0.29) is 18.1 Å². The molecule has 2 heterocycles. The Bertz CT molecular complexity index is 1410. The maximum Gasteiger partial charge on any atom is 0.275 e. The molecular formula is C25H26N4O5S. The van der Waals surface area contributed by atoms with Crippen molar-refractivity contribution < 1.29 is 19.0 Å². The topological polar surface area (TPSA) is 104 Å². The van der Waals surface area contributed by atoms with Gasteiger partial charge in [0.05, 0.1) is 19.9 Å². The summed E-state index contributed by atoms with van der Waals surface area (Å²) in [4.78, 5) is 30.2. The van der Waals surface area contributed by atoms with Crippen LogP contribution >= 0.6 is 11.3 Å². The fourth-order valence-corrected chi connectivity index (χ4v) is 4.53. The number of anilines is 1. The number of ether oxygens (including phenoxy) is 3. The van der Waals surface area contributed by atoms with Crippen LogP contribution in [0.1, 0.15) is 34.9 Å². The largest absolute Gasteiger partial charge is 0.493 e. The Balaban J connectivity index is 1.44. The van der Waals surface area contributed by atoms with Crippen molar-refractivity contribution in [2.75, 3.05) is 19.5 Å². The van der Waals surface area contributed by atoms with Crippen molar-refractivity contribution in [2.24, 2.45) is 5.92 Å². The zero-order valence-electron chi connectivity index (χ0n) is 19.9. The average molecular weight is 495 g/mol. The summed E-state index contributed by atoms with van der Waals surface area (Å²) in [6, 6.07) is 13.4. The molecule has 9 nitrogen and oxygen atoms in total. The second-order valence-electron chi connectivity index (χ2n) is 8.21. The van der Waals surface area contributed by atoms with E-state index in [1.165, 1.54) is 36.1 Å². The molecule has 2 aromatic heterocycles. The van der Waals surface area contributed by atoms with E-state index in [0.29, 0.717) is 45.1 Å². The summed E-state index contributed by atoms with van der Waals surface area (Å²) in [5.41, 5.74) is 1.25. The highest BCUT2D eigenvalue weighted by molar-refractivity contribution is 7.16. The molecule has 35 heavy (non-hydrogen) atoms. The van der Waals surface area contributed by atoms with Crippen LogP contribution in [-0.2, 0) is 13.0 Å². The van der Waals surface area contributed by atoms with Gasteiger partial charge in [0.2, 0.25) is 4.96 Å². The van der Waals surface area contributed by atoms with E-state index in [1.54, 1.807) is 42.5 Å². The molecule has 0 aliphatic rings. The molecule has 0 fully saturated rings. The van der Waals surface area contributed by atoms with Crippen molar-refractivity contribution in [3.8, 4) is 17.2 Å². The number of carbonyl (C=O) groups excluding carboxylic acids is 1. The minimum Gasteiger partial charge on any atom is -0.493 e. The first-order valence-electron chi connectivity index (χ1n) is 11.0. The average Bonchev–Trinajstić information content (AvgIpc) is 3.24. The molecule has 0 spiro atoms. The lowest BCUT2D eigenvalue weighted by atomic mass is 10.1. The van der Waals surface area contributed by atoms with E-state index >= 15 is 0 Å². The highest BCUT2D eigenvalue weighted by Crippen LogP contribution is 2.28. The third kappa shape index (κ3) is 5.78. The third-order valence-electron chi connectivity index (χ3n) is 5.05. The molecule has 10 heteroatoms. The number of nitrogens with one attached hydrogen (secondary N) is 1. The van der Waals surface area contributed by atoms with Gasteiger partial charge in [-0.15, -0.1) is 0 Å². The van der Waals surface area contributed by atoms with Crippen LogP contribution in [0.2, 0.25) is 0 Å². The van der Waals surface area contributed by atoms with E-state index in [2.05, 4.69) is 29.2 Å². The molecule has 0 atom stereocenters. The number of amides is 1. The zero-order valence-corrected chi connectivity index (χ0v) is 20.7. The lowest BCUT2D eigenvalue weighted by Crippen LogP contribution is -2.16. The normalized spacial score (nSPS) is 11.0. The molecule has 0 saturated carbocycles. The van der Waals surface area contributed by atoms with Crippen molar-refractivity contribution in [3.05, 3.63) is 75.1 Å². The van der Waals surface area contributed by atoms with Gasteiger partial charge in [0.25, 0.3) is 11.5 Å². The number of methoxy groups -OCH3 is 2. The SMILES string of the molecule is COc1ccc(C(=O)Nc2cccc(OCc3cc(=O)n4nc(CC(C)C)sc4n3)c2)cc1OC. The van der Waals surface area contributed by atoms with Crippen molar-refractivity contribution >= 4 is 27.9 Å². The van der Waals surface area contributed by atoms with Gasteiger partial charge >= 0.3 is 0 Å². The number of fused-ring (bicyclic) bond motifs is 1. The van der Waals surface area contributed by atoms with Crippen LogP contribution in [-0.4, -0.2) is 34.7 Å².